The Labute approximate surface area is 172 Å². The second kappa shape index (κ2) is 8.25. The van der Waals surface area contributed by atoms with E-state index in [1.165, 1.54) is 6.08 Å². The van der Waals surface area contributed by atoms with Crippen molar-refractivity contribution in [3.05, 3.63) is 52.1 Å². The van der Waals surface area contributed by atoms with Crippen LogP contribution in [0.5, 0.6) is 0 Å². The van der Waals surface area contributed by atoms with E-state index in [1.54, 1.807) is 6.08 Å². The van der Waals surface area contributed by atoms with Crippen LogP contribution in [-0.2, 0) is 19.0 Å². The molecule has 1 aromatic rings. The van der Waals surface area contributed by atoms with Crippen LogP contribution < -0.4 is 0 Å². The first-order chi connectivity index (χ1) is 13.6. The predicted octanol–water partition coefficient (Wildman–Crippen LogP) is 4.61. The summed E-state index contributed by atoms with van der Waals surface area (Å²) in [5.41, 5.74) is 4.54. The van der Waals surface area contributed by atoms with E-state index in [2.05, 4.69) is 0 Å². The van der Waals surface area contributed by atoms with Crippen LogP contribution in [-0.4, -0.2) is 35.9 Å². The third-order valence-electron chi connectivity index (χ3n) is 5.58. The van der Waals surface area contributed by atoms with Crippen LogP contribution in [0.2, 0.25) is 0 Å². The summed E-state index contributed by atoms with van der Waals surface area (Å²) >= 11 is 0. The summed E-state index contributed by atoms with van der Waals surface area (Å²) in [6, 6.07) is 2.00. The summed E-state index contributed by atoms with van der Waals surface area (Å²) in [5.74, 6) is -1.28. The maximum atomic E-state index is 12.9. The molecule has 0 bridgehead atoms. The highest BCUT2D eigenvalue weighted by molar-refractivity contribution is 5.96. The minimum Gasteiger partial charge on any atom is -0.459 e. The van der Waals surface area contributed by atoms with Gasteiger partial charge in [0.25, 0.3) is 0 Å². The van der Waals surface area contributed by atoms with Crippen LogP contribution in [0.15, 0.2) is 24.3 Å². The molecule has 1 saturated heterocycles. The number of carbonyl (C=O) groups is 2. The Balaban J connectivity index is 2.03. The minimum absolute atomic E-state index is 0.132. The fraction of sp³-hybridized carbons (Fsp3) is 0.500. The van der Waals surface area contributed by atoms with E-state index < -0.39 is 11.9 Å². The second-order valence-corrected chi connectivity index (χ2v) is 8.40. The van der Waals surface area contributed by atoms with Crippen molar-refractivity contribution in [2.75, 3.05) is 0 Å². The molecule has 156 valence electrons. The number of aryl methyl sites for hydroxylation is 1. The molecule has 2 heterocycles. The van der Waals surface area contributed by atoms with Crippen LogP contribution in [0.4, 0.5) is 0 Å². The molecule has 0 aromatic heterocycles. The first-order valence-corrected chi connectivity index (χ1v) is 10.1. The van der Waals surface area contributed by atoms with Crippen LogP contribution in [0.1, 0.15) is 66.2 Å². The average Bonchev–Trinajstić information content (AvgIpc) is 2.93. The molecule has 1 aromatic carbocycles. The smallest absolute Gasteiger partial charge is 0.339 e. The SMILES string of the molecule is Cc1cc2c(c(C)c1C)C(=O)O[C@@H](C)C/C=C\C(=O)[C@H]1OC(C)(C)O[C@H]1CC=C2. The van der Waals surface area contributed by atoms with Crippen molar-refractivity contribution in [2.45, 2.75) is 78.5 Å². The van der Waals surface area contributed by atoms with Crippen molar-refractivity contribution in [2.24, 2.45) is 0 Å². The third kappa shape index (κ3) is 4.68. The maximum absolute atomic E-state index is 12.9. The first-order valence-electron chi connectivity index (χ1n) is 10.1. The molecule has 0 amide bonds. The van der Waals surface area contributed by atoms with Crippen molar-refractivity contribution < 1.29 is 23.8 Å². The fourth-order valence-corrected chi connectivity index (χ4v) is 3.85. The van der Waals surface area contributed by atoms with E-state index in [0.717, 1.165) is 22.3 Å². The molecular weight excluding hydrogens is 368 g/mol. The Bertz CT molecular complexity index is 878. The molecule has 2 aliphatic rings. The molecule has 1 fully saturated rings. The van der Waals surface area contributed by atoms with Crippen LogP contribution in [0, 0.1) is 20.8 Å². The molecule has 3 atom stereocenters. The standard InChI is InChI=1S/C24H30O5/c1-14-13-18-10-8-12-20-22(29-24(5,6)28-20)19(25)11-7-9-15(2)27-23(26)21(18)17(4)16(14)3/h7-8,10-11,13,15,20,22H,9,12H2,1-6H3/b10-8?,11-7-/t15-,20-,22+/m0/s1. The lowest BCUT2D eigenvalue weighted by Crippen LogP contribution is -2.30. The highest BCUT2D eigenvalue weighted by atomic mass is 16.8. The number of hydrogen-bond acceptors (Lipinski definition) is 5. The van der Waals surface area contributed by atoms with Gasteiger partial charge in [0, 0.05) is 6.42 Å². The lowest BCUT2D eigenvalue weighted by Gasteiger charge is -2.18. The molecule has 0 aliphatic carbocycles. The van der Waals surface area contributed by atoms with E-state index in [-0.39, 0.29) is 24.0 Å². The normalized spacial score (nSPS) is 28.3. The summed E-state index contributed by atoms with van der Waals surface area (Å²) < 4.78 is 17.5. The van der Waals surface area contributed by atoms with E-state index in [1.807, 2.05) is 59.8 Å². The van der Waals surface area contributed by atoms with E-state index in [9.17, 15) is 9.59 Å². The lowest BCUT2D eigenvalue weighted by molar-refractivity contribution is -0.152. The Morgan fingerprint density at radius 2 is 1.66 bits per heavy atom. The van der Waals surface area contributed by atoms with Crippen molar-refractivity contribution in [3.63, 3.8) is 0 Å². The van der Waals surface area contributed by atoms with Gasteiger partial charge in [-0.25, -0.2) is 4.79 Å². The molecule has 3 rings (SSSR count). The first kappa shape index (κ1) is 21.5. The highest BCUT2D eigenvalue weighted by Gasteiger charge is 2.43. The van der Waals surface area contributed by atoms with Gasteiger partial charge >= 0.3 is 5.97 Å². The van der Waals surface area contributed by atoms with Gasteiger partial charge in [0.15, 0.2) is 11.6 Å². The lowest BCUT2D eigenvalue weighted by atomic mass is 9.93. The van der Waals surface area contributed by atoms with Gasteiger partial charge in [-0.15, -0.1) is 0 Å². The zero-order valence-electron chi connectivity index (χ0n) is 18.1. The number of cyclic esters (lactones) is 1. The summed E-state index contributed by atoms with van der Waals surface area (Å²) in [6.07, 6.45) is 6.69. The molecule has 0 N–H and O–H groups in total. The van der Waals surface area contributed by atoms with Gasteiger partial charge in [0.2, 0.25) is 0 Å². The second-order valence-electron chi connectivity index (χ2n) is 8.40. The quantitative estimate of drug-likeness (QED) is 0.597. The van der Waals surface area contributed by atoms with Crippen molar-refractivity contribution in [1.29, 1.82) is 0 Å². The Morgan fingerprint density at radius 3 is 2.38 bits per heavy atom. The molecular formula is C24H30O5. The zero-order chi connectivity index (χ0) is 21.3. The molecule has 5 nitrogen and oxygen atoms in total. The van der Waals surface area contributed by atoms with E-state index >= 15 is 0 Å². The summed E-state index contributed by atoms with van der Waals surface area (Å²) in [5, 5.41) is 0. The largest absolute Gasteiger partial charge is 0.459 e. The molecule has 2 aliphatic heterocycles. The van der Waals surface area contributed by atoms with Gasteiger partial charge in [-0.2, -0.15) is 0 Å². The van der Waals surface area contributed by atoms with Gasteiger partial charge in [-0.1, -0.05) is 24.3 Å². The molecule has 5 heteroatoms. The Kier molecular flexibility index (Phi) is 6.11. The third-order valence-corrected chi connectivity index (χ3v) is 5.58. The molecule has 29 heavy (non-hydrogen) atoms. The molecule has 0 unspecified atom stereocenters. The Morgan fingerprint density at radius 1 is 0.966 bits per heavy atom. The minimum atomic E-state index is -0.810. The Hall–Kier alpha value is -2.24. The van der Waals surface area contributed by atoms with Crippen LogP contribution >= 0.6 is 0 Å². The number of fused-ring (bicyclic) bond motifs is 2. The fourth-order valence-electron chi connectivity index (χ4n) is 3.85. The zero-order valence-corrected chi connectivity index (χ0v) is 18.1. The average molecular weight is 398 g/mol. The van der Waals surface area contributed by atoms with Gasteiger partial charge < -0.3 is 14.2 Å². The van der Waals surface area contributed by atoms with Crippen molar-refractivity contribution >= 4 is 17.8 Å². The predicted molar refractivity (Wildman–Crippen MR) is 112 cm³/mol. The van der Waals surface area contributed by atoms with Crippen molar-refractivity contribution in [1.82, 2.24) is 0 Å². The number of hydrogen-bond donors (Lipinski definition) is 0. The maximum Gasteiger partial charge on any atom is 0.339 e. The topological polar surface area (TPSA) is 61.8 Å². The number of carbonyl (C=O) groups excluding carboxylic acids is 2. The monoisotopic (exact) mass is 398 g/mol. The number of benzene rings is 1. The van der Waals surface area contributed by atoms with Gasteiger partial charge in [0.1, 0.15) is 12.2 Å². The van der Waals surface area contributed by atoms with Crippen LogP contribution in [0.3, 0.4) is 0 Å². The number of esters is 1. The van der Waals surface area contributed by atoms with Crippen molar-refractivity contribution in [3.8, 4) is 0 Å². The highest BCUT2D eigenvalue weighted by Crippen LogP contribution is 2.32. The van der Waals surface area contributed by atoms with E-state index in [4.69, 9.17) is 14.2 Å². The summed E-state index contributed by atoms with van der Waals surface area (Å²) in [6.45, 7) is 11.5. The summed E-state index contributed by atoms with van der Waals surface area (Å²) in [7, 11) is 0. The van der Waals surface area contributed by atoms with Gasteiger partial charge in [-0.05, 0) is 76.3 Å². The summed E-state index contributed by atoms with van der Waals surface area (Å²) in [4.78, 5) is 25.5. The van der Waals surface area contributed by atoms with Crippen LogP contribution in [0.25, 0.3) is 6.08 Å². The van der Waals surface area contributed by atoms with Gasteiger partial charge in [0.05, 0.1) is 11.7 Å². The van der Waals surface area contributed by atoms with Gasteiger partial charge in [-0.3, -0.25) is 4.79 Å². The molecule has 0 radical (unpaired) electrons. The number of rotatable bonds is 0. The number of ketones is 1. The molecule has 0 saturated carbocycles. The number of ether oxygens (including phenoxy) is 3. The molecule has 0 spiro atoms. The van der Waals surface area contributed by atoms with E-state index in [0.29, 0.717) is 18.4 Å².